The van der Waals surface area contributed by atoms with E-state index in [1.165, 1.54) is 6.42 Å². The molecule has 0 radical (unpaired) electrons. The minimum absolute atomic E-state index is 0.237. The molecule has 1 aromatic heterocycles. The van der Waals surface area contributed by atoms with E-state index in [-0.39, 0.29) is 10.9 Å². The molecule has 2 heterocycles. The van der Waals surface area contributed by atoms with Crippen LogP contribution in [0, 0.1) is 13.8 Å². The number of hydrogen-bond acceptors (Lipinski definition) is 4. The van der Waals surface area contributed by atoms with Crippen molar-refractivity contribution in [3.05, 3.63) is 11.4 Å². The summed E-state index contributed by atoms with van der Waals surface area (Å²) in [5.41, 5.74) is 1.09. The fraction of sp³-hybridized carbons (Fsp3) is 0.727. The van der Waals surface area contributed by atoms with Crippen LogP contribution in [0.5, 0.6) is 0 Å². The number of piperidine rings is 1. The van der Waals surface area contributed by atoms with Gasteiger partial charge in [0.25, 0.3) is 0 Å². The van der Waals surface area contributed by atoms with E-state index < -0.39 is 10.0 Å². The summed E-state index contributed by atoms with van der Waals surface area (Å²) in [4.78, 5) is 0.276. The second kappa shape index (κ2) is 5.38. The fourth-order valence-electron chi connectivity index (χ4n) is 2.32. The number of nitrogens with zero attached hydrogens (tertiary/aromatic N) is 1. The molecule has 0 aromatic carbocycles. The van der Waals surface area contributed by atoms with Crippen LogP contribution in [0.25, 0.3) is 0 Å². The number of aryl methyl sites for hydroxylation is 2. The summed E-state index contributed by atoms with van der Waals surface area (Å²) in [6.45, 7) is 4.81. The molecule has 1 fully saturated rings. The van der Waals surface area contributed by atoms with Crippen molar-refractivity contribution in [2.24, 2.45) is 0 Å². The van der Waals surface area contributed by atoms with Gasteiger partial charge < -0.3 is 5.32 Å². The summed E-state index contributed by atoms with van der Waals surface area (Å²) >= 11 is 0. The lowest BCUT2D eigenvalue weighted by atomic mass is 10.1. The molecule has 1 aromatic rings. The molecule has 0 saturated carbocycles. The Labute approximate surface area is 108 Å². The second-order valence-corrected chi connectivity index (χ2v) is 6.47. The number of nitrogens with one attached hydrogen (secondary N) is 3. The standard InChI is InChI=1S/C11H20N4O2S/c1-8-11(9(2)15-14-8)18(16,17)13-7-10-5-3-4-6-12-10/h10,12-13H,3-7H2,1-2H3,(H,14,15)/t10-/m0/s1. The van der Waals surface area contributed by atoms with Crippen LogP contribution < -0.4 is 10.0 Å². The van der Waals surface area contributed by atoms with Crippen molar-refractivity contribution in [2.75, 3.05) is 13.1 Å². The SMILES string of the molecule is Cc1n[nH]c(C)c1S(=O)(=O)NC[C@@H]1CCCCN1. The van der Waals surface area contributed by atoms with E-state index in [0.29, 0.717) is 17.9 Å². The van der Waals surface area contributed by atoms with E-state index in [2.05, 4.69) is 20.2 Å². The molecule has 0 bridgehead atoms. The lowest BCUT2D eigenvalue weighted by Gasteiger charge is -2.23. The van der Waals surface area contributed by atoms with Gasteiger partial charge in [-0.05, 0) is 33.2 Å². The highest BCUT2D eigenvalue weighted by molar-refractivity contribution is 7.89. The van der Waals surface area contributed by atoms with Gasteiger partial charge in [-0.2, -0.15) is 5.10 Å². The maximum Gasteiger partial charge on any atom is 0.244 e. The first-order valence-electron chi connectivity index (χ1n) is 6.25. The first-order chi connectivity index (χ1) is 8.50. The van der Waals surface area contributed by atoms with E-state index >= 15 is 0 Å². The highest BCUT2D eigenvalue weighted by Gasteiger charge is 2.23. The third-order valence-corrected chi connectivity index (χ3v) is 4.95. The minimum atomic E-state index is -3.46. The average Bonchev–Trinajstić information content (AvgIpc) is 2.69. The summed E-state index contributed by atoms with van der Waals surface area (Å²) < 4.78 is 27.0. The quantitative estimate of drug-likeness (QED) is 0.742. The van der Waals surface area contributed by atoms with Crippen LogP contribution in [0.1, 0.15) is 30.7 Å². The van der Waals surface area contributed by atoms with Gasteiger partial charge >= 0.3 is 0 Å². The number of rotatable bonds is 4. The molecular weight excluding hydrogens is 252 g/mol. The maximum absolute atomic E-state index is 12.2. The smallest absolute Gasteiger partial charge is 0.244 e. The van der Waals surface area contributed by atoms with Crippen LogP contribution in [-0.4, -0.2) is 37.7 Å². The predicted octanol–water partition coefficient (Wildman–Crippen LogP) is 0.447. The Balaban J connectivity index is 2.03. The predicted molar refractivity (Wildman–Crippen MR) is 68.9 cm³/mol. The van der Waals surface area contributed by atoms with E-state index in [1.54, 1.807) is 13.8 Å². The molecule has 3 N–H and O–H groups in total. The van der Waals surface area contributed by atoms with Crippen molar-refractivity contribution in [2.45, 2.75) is 44.0 Å². The Hall–Kier alpha value is -0.920. The van der Waals surface area contributed by atoms with Crippen molar-refractivity contribution < 1.29 is 8.42 Å². The molecule has 1 saturated heterocycles. The molecule has 0 spiro atoms. The zero-order valence-corrected chi connectivity index (χ0v) is 11.6. The summed E-state index contributed by atoms with van der Waals surface area (Å²) in [5.74, 6) is 0. The number of sulfonamides is 1. The van der Waals surface area contributed by atoms with Crippen LogP contribution in [0.2, 0.25) is 0 Å². The first kappa shape index (κ1) is 13.5. The molecule has 6 nitrogen and oxygen atoms in total. The van der Waals surface area contributed by atoms with Gasteiger partial charge in [-0.3, -0.25) is 5.10 Å². The summed E-state index contributed by atoms with van der Waals surface area (Å²) in [5, 5.41) is 9.93. The molecule has 7 heteroatoms. The van der Waals surface area contributed by atoms with E-state index in [4.69, 9.17) is 0 Å². The molecule has 0 unspecified atom stereocenters. The Morgan fingerprint density at radius 1 is 1.39 bits per heavy atom. The van der Waals surface area contributed by atoms with Crippen molar-refractivity contribution in [3.63, 3.8) is 0 Å². The Bertz CT molecular complexity index is 484. The highest BCUT2D eigenvalue weighted by Crippen LogP contribution is 2.16. The molecule has 0 amide bonds. The monoisotopic (exact) mass is 272 g/mol. The fourth-order valence-corrected chi connectivity index (χ4v) is 3.77. The largest absolute Gasteiger partial charge is 0.313 e. The lowest BCUT2D eigenvalue weighted by molar-refractivity contribution is 0.398. The van der Waals surface area contributed by atoms with Gasteiger partial charge in [0.05, 0.1) is 11.4 Å². The third kappa shape index (κ3) is 2.90. The average molecular weight is 272 g/mol. The highest BCUT2D eigenvalue weighted by atomic mass is 32.2. The van der Waals surface area contributed by atoms with Gasteiger partial charge in [-0.25, -0.2) is 13.1 Å². The van der Waals surface area contributed by atoms with Gasteiger partial charge in [0, 0.05) is 12.6 Å². The Morgan fingerprint density at radius 2 is 2.17 bits per heavy atom. The molecule has 1 aliphatic heterocycles. The normalized spacial score (nSPS) is 21.1. The van der Waals surface area contributed by atoms with Crippen LogP contribution in [0.4, 0.5) is 0 Å². The van der Waals surface area contributed by atoms with Gasteiger partial charge in [-0.1, -0.05) is 6.42 Å². The summed E-state index contributed by atoms with van der Waals surface area (Å²) in [6.07, 6.45) is 3.35. The van der Waals surface area contributed by atoms with Gasteiger partial charge in [0.15, 0.2) is 0 Å². The van der Waals surface area contributed by atoms with Crippen LogP contribution in [0.15, 0.2) is 4.90 Å². The molecule has 2 rings (SSSR count). The van der Waals surface area contributed by atoms with E-state index in [9.17, 15) is 8.42 Å². The number of H-pyrrole nitrogens is 1. The molecule has 102 valence electrons. The zero-order valence-electron chi connectivity index (χ0n) is 10.8. The topological polar surface area (TPSA) is 86.9 Å². The summed E-state index contributed by atoms with van der Waals surface area (Å²) in [7, 11) is -3.46. The molecule has 0 aliphatic carbocycles. The molecule has 1 aliphatic rings. The van der Waals surface area contributed by atoms with Crippen molar-refractivity contribution in [3.8, 4) is 0 Å². The van der Waals surface area contributed by atoms with E-state index in [0.717, 1.165) is 19.4 Å². The Kier molecular flexibility index (Phi) is 4.04. The number of aromatic amines is 1. The Morgan fingerprint density at radius 3 is 2.72 bits per heavy atom. The van der Waals surface area contributed by atoms with Crippen molar-refractivity contribution in [1.29, 1.82) is 0 Å². The second-order valence-electron chi connectivity index (χ2n) is 4.76. The zero-order chi connectivity index (χ0) is 13.2. The van der Waals surface area contributed by atoms with Crippen molar-refractivity contribution >= 4 is 10.0 Å². The van der Waals surface area contributed by atoms with Gasteiger partial charge in [0.2, 0.25) is 10.0 Å². The van der Waals surface area contributed by atoms with Crippen LogP contribution in [0.3, 0.4) is 0 Å². The summed E-state index contributed by atoms with van der Waals surface area (Å²) in [6, 6.07) is 0.237. The lowest BCUT2D eigenvalue weighted by Crippen LogP contribution is -2.43. The first-order valence-corrected chi connectivity index (χ1v) is 7.73. The molecule has 1 atom stereocenters. The van der Waals surface area contributed by atoms with Crippen LogP contribution in [-0.2, 0) is 10.0 Å². The minimum Gasteiger partial charge on any atom is -0.313 e. The van der Waals surface area contributed by atoms with E-state index in [1.807, 2.05) is 0 Å². The molecule has 18 heavy (non-hydrogen) atoms. The van der Waals surface area contributed by atoms with Gasteiger partial charge in [-0.15, -0.1) is 0 Å². The number of hydrogen-bond donors (Lipinski definition) is 3. The third-order valence-electron chi connectivity index (χ3n) is 3.26. The molecular formula is C11H20N4O2S. The van der Waals surface area contributed by atoms with Crippen molar-refractivity contribution in [1.82, 2.24) is 20.2 Å². The van der Waals surface area contributed by atoms with Gasteiger partial charge in [0.1, 0.15) is 4.90 Å². The van der Waals surface area contributed by atoms with Crippen LogP contribution >= 0.6 is 0 Å². The maximum atomic E-state index is 12.2. The number of aromatic nitrogens is 2.